The summed E-state index contributed by atoms with van der Waals surface area (Å²) in [7, 11) is 0. The maximum atomic E-state index is 11.5. The summed E-state index contributed by atoms with van der Waals surface area (Å²) < 4.78 is 4.92. The summed E-state index contributed by atoms with van der Waals surface area (Å²) >= 11 is 0. The molecule has 5 heteroatoms. The molecule has 0 atom stereocenters. The van der Waals surface area contributed by atoms with E-state index in [1.54, 1.807) is 31.2 Å². The minimum atomic E-state index is -0.335. The molecular formula is C16H17N3O2. The van der Waals surface area contributed by atoms with Gasteiger partial charge in [0, 0.05) is 6.54 Å². The van der Waals surface area contributed by atoms with Crippen molar-refractivity contribution in [2.45, 2.75) is 13.5 Å². The third kappa shape index (κ3) is 4.22. The molecule has 0 aliphatic carbocycles. The fourth-order valence-electron chi connectivity index (χ4n) is 1.69. The molecule has 0 aliphatic rings. The molecule has 2 N–H and O–H groups in total. The Morgan fingerprint density at radius 1 is 1.00 bits per heavy atom. The number of nitrogens with two attached hydrogens (primary N) is 1. The maximum absolute atomic E-state index is 11.5. The third-order valence-corrected chi connectivity index (χ3v) is 2.83. The van der Waals surface area contributed by atoms with Crippen molar-refractivity contribution in [2.24, 2.45) is 16.0 Å². The zero-order valence-electron chi connectivity index (χ0n) is 11.8. The number of nitrogens with zero attached hydrogens (tertiary/aromatic N) is 2. The van der Waals surface area contributed by atoms with Crippen LogP contribution in [0.25, 0.3) is 0 Å². The van der Waals surface area contributed by atoms with Crippen molar-refractivity contribution in [1.29, 1.82) is 0 Å². The van der Waals surface area contributed by atoms with Crippen LogP contribution in [-0.2, 0) is 11.3 Å². The Hall–Kier alpha value is -2.53. The number of hydrogen-bond acceptors (Lipinski definition) is 5. The zero-order chi connectivity index (χ0) is 15.1. The Kier molecular flexibility index (Phi) is 5.17. The summed E-state index contributed by atoms with van der Waals surface area (Å²) in [6.07, 6.45) is 0. The van der Waals surface area contributed by atoms with Crippen molar-refractivity contribution in [2.75, 3.05) is 6.61 Å². The second kappa shape index (κ2) is 7.31. The van der Waals surface area contributed by atoms with Gasteiger partial charge < -0.3 is 10.5 Å². The van der Waals surface area contributed by atoms with Crippen LogP contribution in [0.3, 0.4) is 0 Å². The molecule has 5 nitrogen and oxygen atoms in total. The van der Waals surface area contributed by atoms with E-state index in [1.165, 1.54) is 0 Å². The van der Waals surface area contributed by atoms with Gasteiger partial charge in [0.15, 0.2) is 0 Å². The number of hydrogen-bond donors (Lipinski definition) is 1. The fraction of sp³-hybridized carbons (Fsp3) is 0.188. The maximum Gasteiger partial charge on any atom is 0.338 e. The highest BCUT2D eigenvalue weighted by Crippen LogP contribution is 2.19. The van der Waals surface area contributed by atoms with E-state index >= 15 is 0 Å². The van der Waals surface area contributed by atoms with E-state index in [-0.39, 0.29) is 5.97 Å². The molecule has 0 saturated carbocycles. The molecule has 0 spiro atoms. The van der Waals surface area contributed by atoms with Gasteiger partial charge in [0.05, 0.1) is 23.5 Å². The van der Waals surface area contributed by atoms with Gasteiger partial charge in [-0.2, -0.15) is 10.2 Å². The minimum Gasteiger partial charge on any atom is -0.462 e. The molecule has 0 bridgehead atoms. The van der Waals surface area contributed by atoms with Gasteiger partial charge in [0.1, 0.15) is 0 Å². The summed E-state index contributed by atoms with van der Waals surface area (Å²) in [4.78, 5) is 11.5. The Morgan fingerprint density at radius 2 is 1.52 bits per heavy atom. The molecule has 21 heavy (non-hydrogen) atoms. The van der Waals surface area contributed by atoms with Crippen LogP contribution in [0.5, 0.6) is 0 Å². The topological polar surface area (TPSA) is 77.0 Å². The highest BCUT2D eigenvalue weighted by molar-refractivity contribution is 5.89. The monoisotopic (exact) mass is 283 g/mol. The van der Waals surface area contributed by atoms with Gasteiger partial charge in [-0.15, -0.1) is 0 Å². The van der Waals surface area contributed by atoms with Crippen molar-refractivity contribution in [3.63, 3.8) is 0 Å². The second-order valence-electron chi connectivity index (χ2n) is 4.34. The molecule has 0 aromatic heterocycles. The molecule has 0 unspecified atom stereocenters. The Bertz CT molecular complexity index is 619. The van der Waals surface area contributed by atoms with E-state index in [4.69, 9.17) is 10.5 Å². The first kappa shape index (κ1) is 14.9. The van der Waals surface area contributed by atoms with E-state index in [0.29, 0.717) is 24.4 Å². The molecular weight excluding hydrogens is 266 g/mol. The largest absolute Gasteiger partial charge is 0.462 e. The highest BCUT2D eigenvalue weighted by atomic mass is 16.5. The van der Waals surface area contributed by atoms with Crippen LogP contribution in [0.1, 0.15) is 22.8 Å². The Balaban J connectivity index is 2.05. The van der Waals surface area contributed by atoms with E-state index in [0.717, 1.165) is 11.3 Å². The van der Waals surface area contributed by atoms with Crippen molar-refractivity contribution >= 4 is 17.3 Å². The van der Waals surface area contributed by atoms with Gasteiger partial charge in [-0.1, -0.05) is 12.1 Å². The number of carbonyl (C=O) groups is 1. The molecule has 0 fully saturated rings. The van der Waals surface area contributed by atoms with Crippen LogP contribution >= 0.6 is 0 Å². The number of carbonyl (C=O) groups excluding carboxylic acids is 1. The quantitative estimate of drug-likeness (QED) is 0.670. The number of rotatable bonds is 5. The van der Waals surface area contributed by atoms with Crippen LogP contribution in [0.15, 0.2) is 58.8 Å². The van der Waals surface area contributed by atoms with E-state index in [1.807, 2.05) is 24.3 Å². The van der Waals surface area contributed by atoms with Gasteiger partial charge in [0.25, 0.3) is 0 Å². The van der Waals surface area contributed by atoms with Gasteiger partial charge in [-0.25, -0.2) is 4.79 Å². The van der Waals surface area contributed by atoms with Gasteiger partial charge >= 0.3 is 5.97 Å². The van der Waals surface area contributed by atoms with Crippen molar-refractivity contribution < 1.29 is 9.53 Å². The highest BCUT2D eigenvalue weighted by Gasteiger charge is 2.05. The Labute approximate surface area is 123 Å². The van der Waals surface area contributed by atoms with E-state index in [2.05, 4.69) is 10.2 Å². The van der Waals surface area contributed by atoms with Gasteiger partial charge in [-0.05, 0) is 48.9 Å². The molecule has 0 heterocycles. The van der Waals surface area contributed by atoms with Crippen molar-refractivity contribution in [1.82, 2.24) is 0 Å². The summed E-state index contributed by atoms with van der Waals surface area (Å²) in [6.45, 7) is 2.64. The minimum absolute atomic E-state index is 0.335. The smallest absolute Gasteiger partial charge is 0.338 e. The molecule has 2 aromatic carbocycles. The number of esters is 1. The van der Waals surface area contributed by atoms with Crippen LogP contribution in [0, 0.1) is 0 Å². The molecule has 0 radical (unpaired) electrons. The van der Waals surface area contributed by atoms with Crippen LogP contribution in [0.4, 0.5) is 11.4 Å². The predicted octanol–water partition coefficient (Wildman–Crippen LogP) is 3.74. The molecule has 2 aromatic rings. The Morgan fingerprint density at radius 3 is 2.00 bits per heavy atom. The van der Waals surface area contributed by atoms with Crippen LogP contribution in [-0.4, -0.2) is 12.6 Å². The summed E-state index contributed by atoms with van der Waals surface area (Å²) in [5.41, 5.74) is 8.51. The second-order valence-corrected chi connectivity index (χ2v) is 4.34. The lowest BCUT2D eigenvalue weighted by atomic mass is 10.2. The molecule has 108 valence electrons. The average Bonchev–Trinajstić information content (AvgIpc) is 2.54. The normalized spacial score (nSPS) is 10.8. The lowest BCUT2D eigenvalue weighted by molar-refractivity contribution is 0.0526. The van der Waals surface area contributed by atoms with Crippen LogP contribution < -0.4 is 5.73 Å². The first-order valence-corrected chi connectivity index (χ1v) is 6.71. The summed E-state index contributed by atoms with van der Waals surface area (Å²) in [5.74, 6) is -0.335. The SMILES string of the molecule is CCOC(=O)c1ccc(N=Nc2ccc(CN)cc2)cc1. The molecule has 2 rings (SSSR count). The summed E-state index contributed by atoms with van der Waals surface area (Å²) in [5, 5.41) is 8.25. The number of azo groups is 1. The third-order valence-electron chi connectivity index (χ3n) is 2.83. The zero-order valence-corrected chi connectivity index (χ0v) is 11.8. The first-order valence-electron chi connectivity index (χ1n) is 6.71. The predicted molar refractivity (Wildman–Crippen MR) is 80.9 cm³/mol. The van der Waals surface area contributed by atoms with Gasteiger partial charge in [-0.3, -0.25) is 0 Å². The number of benzene rings is 2. The standard InChI is InChI=1S/C16H17N3O2/c1-2-21-16(20)13-5-9-15(10-6-13)19-18-14-7-3-12(11-17)4-8-14/h3-10H,2,11,17H2,1H3. The fourth-order valence-corrected chi connectivity index (χ4v) is 1.69. The van der Waals surface area contributed by atoms with Crippen LogP contribution in [0.2, 0.25) is 0 Å². The number of ether oxygens (including phenoxy) is 1. The van der Waals surface area contributed by atoms with Crippen molar-refractivity contribution in [3.8, 4) is 0 Å². The molecule has 0 aliphatic heterocycles. The lowest BCUT2D eigenvalue weighted by Gasteiger charge is -2.01. The van der Waals surface area contributed by atoms with E-state index in [9.17, 15) is 4.79 Å². The average molecular weight is 283 g/mol. The molecule has 0 amide bonds. The summed E-state index contributed by atoms with van der Waals surface area (Å²) in [6, 6.07) is 14.3. The lowest BCUT2D eigenvalue weighted by Crippen LogP contribution is -2.03. The molecule has 0 saturated heterocycles. The van der Waals surface area contributed by atoms with E-state index < -0.39 is 0 Å². The first-order chi connectivity index (χ1) is 10.2. The van der Waals surface area contributed by atoms with Gasteiger partial charge in [0.2, 0.25) is 0 Å². The van der Waals surface area contributed by atoms with Crippen molar-refractivity contribution in [3.05, 3.63) is 59.7 Å².